The van der Waals surface area contributed by atoms with Gasteiger partial charge in [-0.3, -0.25) is 0 Å². The Hall–Kier alpha value is -1.72. The van der Waals surface area contributed by atoms with E-state index in [1.54, 1.807) is 18.4 Å². The Morgan fingerprint density at radius 1 is 0.885 bits per heavy atom. The summed E-state index contributed by atoms with van der Waals surface area (Å²) < 4.78 is 21.3. The summed E-state index contributed by atoms with van der Waals surface area (Å²) in [6.45, 7) is 5.44. The summed E-state index contributed by atoms with van der Waals surface area (Å²) in [5, 5.41) is 2.49. The summed E-state index contributed by atoms with van der Waals surface area (Å²) >= 11 is 11.5. The average Bonchev–Trinajstić information content (AvgIpc) is 3.09. The molecule has 0 unspecified atom stereocenters. The Bertz CT molecular complexity index is 765. The van der Waals surface area contributed by atoms with Gasteiger partial charge < -0.3 is 18.6 Å². The number of furan rings is 1. The smallest absolute Gasteiger partial charge is 0.191 e. The van der Waals surface area contributed by atoms with E-state index in [2.05, 4.69) is 0 Å². The molecule has 0 aliphatic rings. The van der Waals surface area contributed by atoms with E-state index in [0.717, 1.165) is 21.7 Å². The molecule has 4 nitrogen and oxygen atoms in total. The number of halogens is 2. The highest BCUT2D eigenvalue weighted by molar-refractivity contribution is 6.31. The maximum absolute atomic E-state index is 5.77. The van der Waals surface area contributed by atoms with Crippen LogP contribution in [0.15, 0.2) is 59.2 Å². The van der Waals surface area contributed by atoms with Crippen LogP contribution in [0, 0.1) is 0 Å². The predicted octanol–water partition coefficient (Wildman–Crippen LogP) is 6.20. The molecular weight excluding hydrogens is 375 g/mol. The molecule has 3 aromatic rings. The lowest BCUT2D eigenvalue weighted by Crippen LogP contribution is -2.25. The number of ether oxygens (including phenoxy) is 3. The molecule has 0 amide bonds. The van der Waals surface area contributed by atoms with E-state index < -0.39 is 0 Å². The molecule has 140 valence electrons. The van der Waals surface area contributed by atoms with Crippen molar-refractivity contribution in [3.05, 3.63) is 64.8 Å². The Kier molecular flexibility index (Phi) is 8.78. The van der Waals surface area contributed by atoms with Gasteiger partial charge >= 0.3 is 0 Å². The molecule has 1 heterocycles. The van der Waals surface area contributed by atoms with Gasteiger partial charge in [-0.05, 0) is 62.4 Å². The van der Waals surface area contributed by atoms with E-state index in [-0.39, 0.29) is 6.29 Å². The molecule has 2 aromatic carbocycles. The molecule has 0 fully saturated rings. The van der Waals surface area contributed by atoms with Crippen LogP contribution in [0.1, 0.15) is 13.8 Å². The quantitative estimate of drug-likeness (QED) is 0.445. The van der Waals surface area contributed by atoms with Gasteiger partial charge in [0.1, 0.15) is 17.9 Å². The van der Waals surface area contributed by atoms with E-state index in [1.165, 1.54) is 0 Å². The van der Waals surface area contributed by atoms with Gasteiger partial charge in [0.25, 0.3) is 0 Å². The van der Waals surface area contributed by atoms with E-state index >= 15 is 0 Å². The molecular formula is C20H22Cl2O4. The zero-order valence-corrected chi connectivity index (χ0v) is 16.3. The van der Waals surface area contributed by atoms with Gasteiger partial charge in [-0.1, -0.05) is 23.2 Å². The molecule has 6 heteroatoms. The van der Waals surface area contributed by atoms with Crippen molar-refractivity contribution in [2.24, 2.45) is 0 Å². The topological polar surface area (TPSA) is 40.8 Å². The first-order valence-electron chi connectivity index (χ1n) is 8.36. The monoisotopic (exact) mass is 396 g/mol. The highest BCUT2D eigenvalue weighted by Gasteiger charge is 2.08. The first kappa shape index (κ1) is 20.6. The lowest BCUT2D eigenvalue weighted by molar-refractivity contribution is -0.152. The first-order valence-corrected chi connectivity index (χ1v) is 9.12. The van der Waals surface area contributed by atoms with Crippen LogP contribution in [0.25, 0.3) is 11.0 Å². The molecule has 0 aliphatic carbocycles. The van der Waals surface area contributed by atoms with Crippen molar-refractivity contribution in [2.45, 2.75) is 20.1 Å². The SMILES string of the molecule is CCOC(COc1ccc(Cl)cc1)OCC.Clc1ccc2occc2c1. The number of hydrogen-bond donors (Lipinski definition) is 0. The minimum absolute atomic E-state index is 0.314. The van der Waals surface area contributed by atoms with Gasteiger partial charge in [0.15, 0.2) is 6.29 Å². The zero-order chi connectivity index (χ0) is 18.8. The number of hydrogen-bond acceptors (Lipinski definition) is 4. The second-order valence-electron chi connectivity index (χ2n) is 5.21. The third kappa shape index (κ3) is 6.89. The Morgan fingerprint density at radius 2 is 1.54 bits per heavy atom. The van der Waals surface area contributed by atoms with Gasteiger partial charge in [0, 0.05) is 28.6 Å². The third-order valence-electron chi connectivity index (χ3n) is 3.32. The van der Waals surface area contributed by atoms with Crippen molar-refractivity contribution in [1.82, 2.24) is 0 Å². The maximum atomic E-state index is 5.77. The molecule has 3 rings (SSSR count). The summed E-state index contributed by atoms with van der Waals surface area (Å²) in [5.74, 6) is 0.758. The molecule has 0 bridgehead atoms. The van der Waals surface area contributed by atoms with Gasteiger partial charge in [-0.2, -0.15) is 0 Å². The van der Waals surface area contributed by atoms with Crippen molar-refractivity contribution in [1.29, 1.82) is 0 Å². The second kappa shape index (κ2) is 11.1. The third-order valence-corrected chi connectivity index (χ3v) is 3.81. The van der Waals surface area contributed by atoms with Crippen molar-refractivity contribution in [3.8, 4) is 5.75 Å². The van der Waals surface area contributed by atoms with Crippen molar-refractivity contribution in [3.63, 3.8) is 0 Å². The van der Waals surface area contributed by atoms with Crippen LogP contribution < -0.4 is 4.74 Å². The summed E-state index contributed by atoms with van der Waals surface area (Å²) in [7, 11) is 0. The number of fused-ring (bicyclic) bond motifs is 1. The average molecular weight is 397 g/mol. The fourth-order valence-electron chi connectivity index (χ4n) is 2.15. The lowest BCUT2D eigenvalue weighted by atomic mass is 10.3. The summed E-state index contributed by atoms with van der Waals surface area (Å²) in [5.41, 5.74) is 0.879. The Labute approximate surface area is 163 Å². The Balaban J connectivity index is 0.000000206. The minimum atomic E-state index is -0.314. The standard InChI is InChI=1S/C12H17ClO3.C8H5ClO/c1-3-14-12(15-4-2)9-16-11-7-5-10(13)6-8-11;9-7-1-2-8-6(5-7)3-4-10-8/h5-8,12H,3-4,9H2,1-2H3;1-5H. The molecule has 0 saturated carbocycles. The van der Waals surface area contributed by atoms with Crippen LogP contribution in [0.3, 0.4) is 0 Å². The second-order valence-corrected chi connectivity index (χ2v) is 6.08. The van der Waals surface area contributed by atoms with E-state index in [4.69, 9.17) is 41.8 Å². The zero-order valence-electron chi connectivity index (χ0n) is 14.8. The van der Waals surface area contributed by atoms with Crippen LogP contribution in [-0.2, 0) is 9.47 Å². The first-order chi connectivity index (χ1) is 12.6. The van der Waals surface area contributed by atoms with Crippen LogP contribution in [0.2, 0.25) is 10.0 Å². The molecule has 0 radical (unpaired) electrons. The molecule has 26 heavy (non-hydrogen) atoms. The highest BCUT2D eigenvalue weighted by Crippen LogP contribution is 2.19. The molecule has 0 N–H and O–H groups in total. The van der Waals surface area contributed by atoms with Crippen molar-refractivity contribution in [2.75, 3.05) is 19.8 Å². The Morgan fingerprint density at radius 3 is 2.19 bits per heavy atom. The van der Waals surface area contributed by atoms with Gasteiger partial charge in [-0.15, -0.1) is 0 Å². The fraction of sp³-hybridized carbons (Fsp3) is 0.300. The molecule has 0 saturated heterocycles. The van der Waals surface area contributed by atoms with Gasteiger partial charge in [-0.25, -0.2) is 0 Å². The van der Waals surface area contributed by atoms with Gasteiger partial charge in [0.2, 0.25) is 0 Å². The summed E-state index contributed by atoms with van der Waals surface area (Å²) in [4.78, 5) is 0. The van der Waals surface area contributed by atoms with Crippen LogP contribution in [0.5, 0.6) is 5.75 Å². The predicted molar refractivity (Wildman–Crippen MR) is 105 cm³/mol. The largest absolute Gasteiger partial charge is 0.488 e. The van der Waals surface area contributed by atoms with Crippen LogP contribution in [-0.4, -0.2) is 26.1 Å². The normalized spacial score (nSPS) is 10.7. The van der Waals surface area contributed by atoms with Crippen molar-refractivity contribution < 1.29 is 18.6 Å². The lowest BCUT2D eigenvalue weighted by Gasteiger charge is -2.17. The molecule has 0 aliphatic heterocycles. The molecule has 0 spiro atoms. The van der Waals surface area contributed by atoms with Crippen LogP contribution in [0.4, 0.5) is 0 Å². The van der Waals surface area contributed by atoms with E-state index in [1.807, 2.05) is 50.2 Å². The summed E-state index contributed by atoms with van der Waals surface area (Å²) in [6, 6.07) is 14.6. The molecule has 1 aromatic heterocycles. The van der Waals surface area contributed by atoms with E-state index in [9.17, 15) is 0 Å². The minimum Gasteiger partial charge on any atom is -0.488 e. The van der Waals surface area contributed by atoms with Crippen LogP contribution >= 0.6 is 23.2 Å². The fourth-order valence-corrected chi connectivity index (χ4v) is 2.46. The molecule has 0 atom stereocenters. The summed E-state index contributed by atoms with van der Waals surface area (Å²) in [6.07, 6.45) is 1.34. The van der Waals surface area contributed by atoms with Crippen molar-refractivity contribution >= 4 is 34.2 Å². The number of rotatable bonds is 7. The van der Waals surface area contributed by atoms with E-state index in [0.29, 0.717) is 24.8 Å². The highest BCUT2D eigenvalue weighted by atomic mass is 35.5. The van der Waals surface area contributed by atoms with Gasteiger partial charge in [0.05, 0.1) is 6.26 Å². The maximum Gasteiger partial charge on any atom is 0.191 e. The number of benzene rings is 2.